The molecule has 0 aliphatic carbocycles. The quantitative estimate of drug-likeness (QED) is 0.306. The maximum absolute atomic E-state index is 13.8. The molecule has 1 aromatic heterocycles. The minimum Gasteiger partial charge on any atom is -0.505 e. The van der Waals surface area contributed by atoms with E-state index in [-0.39, 0.29) is 30.6 Å². The van der Waals surface area contributed by atoms with Gasteiger partial charge in [-0.1, -0.05) is 35.9 Å². The van der Waals surface area contributed by atoms with Gasteiger partial charge in [0, 0.05) is 36.3 Å². The fourth-order valence-corrected chi connectivity index (χ4v) is 3.90. The third-order valence-corrected chi connectivity index (χ3v) is 5.98. The van der Waals surface area contributed by atoms with Crippen molar-refractivity contribution in [1.29, 1.82) is 0 Å². The molecule has 3 amide bonds. The molecule has 10 nitrogen and oxygen atoms in total. The van der Waals surface area contributed by atoms with Crippen LogP contribution in [0.5, 0.6) is 5.75 Å². The fourth-order valence-electron chi connectivity index (χ4n) is 3.77. The molecule has 0 saturated heterocycles. The van der Waals surface area contributed by atoms with Gasteiger partial charge in [-0.3, -0.25) is 9.59 Å². The van der Waals surface area contributed by atoms with Crippen molar-refractivity contribution in [2.75, 3.05) is 7.11 Å². The number of halogens is 2. The van der Waals surface area contributed by atoms with Crippen LogP contribution in [0.15, 0.2) is 54.7 Å². The zero-order valence-corrected chi connectivity index (χ0v) is 21.1. The van der Waals surface area contributed by atoms with Crippen LogP contribution in [0, 0.1) is 5.82 Å². The van der Waals surface area contributed by atoms with Gasteiger partial charge in [0.25, 0.3) is 5.91 Å². The second-order valence-electron chi connectivity index (χ2n) is 8.32. The molecule has 0 spiro atoms. The Balaban J connectivity index is 2.01. The second kappa shape index (κ2) is 12.8. The van der Waals surface area contributed by atoms with Crippen LogP contribution in [0.25, 0.3) is 0 Å². The maximum Gasteiger partial charge on any atom is 0.407 e. The molecule has 0 saturated carbocycles. The normalized spacial score (nSPS) is 11.5. The summed E-state index contributed by atoms with van der Waals surface area (Å²) in [5, 5.41) is 23.4. The third-order valence-electron chi connectivity index (χ3n) is 5.73. The number of aromatic nitrogens is 1. The van der Waals surface area contributed by atoms with Crippen LogP contribution in [0.4, 0.5) is 9.18 Å². The summed E-state index contributed by atoms with van der Waals surface area (Å²) in [5.74, 6) is -2.60. The molecule has 5 N–H and O–H groups in total. The standard InChI is InChI=1S/C26H26ClFN4O6/c1-38-26(37)31-21(10-15-2-6-18(27)7-3-15)25(36)32(12-16-4-8-19(28)9-5-16)13-17-11-30-22(24(29)35)23(34)20(17)14-33/h2-9,11,21,33-34H,10,12-14H2,1H3,(H2,29,35)(H,31,37). The lowest BCUT2D eigenvalue weighted by atomic mass is 10.0. The number of nitrogens with two attached hydrogens (primary N) is 1. The second-order valence-corrected chi connectivity index (χ2v) is 8.76. The van der Waals surface area contributed by atoms with Crippen molar-refractivity contribution in [3.8, 4) is 5.75 Å². The van der Waals surface area contributed by atoms with E-state index in [1.54, 1.807) is 24.3 Å². The number of methoxy groups -OCH3 is 1. The van der Waals surface area contributed by atoms with Gasteiger partial charge in [0.2, 0.25) is 5.91 Å². The summed E-state index contributed by atoms with van der Waals surface area (Å²) in [6, 6.07) is 11.1. The summed E-state index contributed by atoms with van der Waals surface area (Å²) in [6.07, 6.45) is 0.473. The van der Waals surface area contributed by atoms with Crippen LogP contribution in [-0.2, 0) is 35.6 Å². The summed E-state index contributed by atoms with van der Waals surface area (Å²) < 4.78 is 18.2. The van der Waals surface area contributed by atoms with E-state index in [0.717, 1.165) is 7.11 Å². The molecule has 0 radical (unpaired) electrons. The van der Waals surface area contributed by atoms with Gasteiger partial charge in [-0.25, -0.2) is 14.2 Å². The highest BCUT2D eigenvalue weighted by Crippen LogP contribution is 2.26. The molecule has 0 aliphatic rings. The number of ether oxygens (including phenoxy) is 1. The number of amides is 3. The maximum atomic E-state index is 13.8. The lowest BCUT2D eigenvalue weighted by molar-refractivity contribution is -0.134. The number of pyridine rings is 1. The summed E-state index contributed by atoms with van der Waals surface area (Å²) in [6.45, 7) is -0.884. The number of hydrogen-bond donors (Lipinski definition) is 4. The zero-order valence-electron chi connectivity index (χ0n) is 20.4. The van der Waals surface area contributed by atoms with Crippen LogP contribution >= 0.6 is 11.6 Å². The number of nitrogens with zero attached hydrogens (tertiary/aromatic N) is 2. The number of aliphatic hydroxyl groups is 1. The van der Waals surface area contributed by atoms with E-state index >= 15 is 0 Å². The van der Waals surface area contributed by atoms with Crippen LogP contribution in [0.1, 0.15) is 32.7 Å². The molecule has 2 aromatic carbocycles. The fraction of sp³-hybridized carbons (Fsp3) is 0.231. The van der Waals surface area contributed by atoms with E-state index in [1.165, 1.54) is 35.4 Å². The molecule has 1 unspecified atom stereocenters. The van der Waals surface area contributed by atoms with Gasteiger partial charge in [-0.2, -0.15) is 0 Å². The van der Waals surface area contributed by atoms with Gasteiger partial charge in [0.05, 0.1) is 13.7 Å². The first kappa shape index (κ1) is 28.4. The Morgan fingerprint density at radius 2 is 1.74 bits per heavy atom. The molecule has 200 valence electrons. The van der Waals surface area contributed by atoms with E-state index < -0.39 is 47.8 Å². The van der Waals surface area contributed by atoms with Gasteiger partial charge >= 0.3 is 6.09 Å². The lowest BCUT2D eigenvalue weighted by Gasteiger charge is -2.29. The highest BCUT2D eigenvalue weighted by Gasteiger charge is 2.29. The largest absolute Gasteiger partial charge is 0.505 e. The minimum atomic E-state index is -1.09. The predicted molar refractivity (Wildman–Crippen MR) is 135 cm³/mol. The first-order valence-electron chi connectivity index (χ1n) is 11.4. The highest BCUT2D eigenvalue weighted by molar-refractivity contribution is 6.30. The molecule has 3 rings (SSSR count). The van der Waals surface area contributed by atoms with Crippen molar-refractivity contribution in [2.24, 2.45) is 5.73 Å². The Kier molecular flexibility index (Phi) is 9.58. The van der Waals surface area contributed by atoms with Gasteiger partial charge in [0.1, 0.15) is 11.9 Å². The molecule has 1 atom stereocenters. The smallest absolute Gasteiger partial charge is 0.407 e. The average molecular weight is 545 g/mol. The Morgan fingerprint density at radius 3 is 2.32 bits per heavy atom. The zero-order chi connectivity index (χ0) is 27.8. The van der Waals surface area contributed by atoms with E-state index in [9.17, 15) is 29.0 Å². The van der Waals surface area contributed by atoms with Gasteiger partial charge in [0.15, 0.2) is 11.4 Å². The van der Waals surface area contributed by atoms with Crippen LogP contribution in [0.3, 0.4) is 0 Å². The Hall–Kier alpha value is -4.22. The lowest BCUT2D eigenvalue weighted by Crippen LogP contribution is -2.49. The minimum absolute atomic E-state index is 0.0255. The number of aromatic hydroxyl groups is 1. The molecule has 0 aliphatic heterocycles. The molecular formula is C26H26ClFN4O6. The molecule has 38 heavy (non-hydrogen) atoms. The van der Waals surface area contributed by atoms with Gasteiger partial charge in [-0.05, 0) is 41.0 Å². The van der Waals surface area contributed by atoms with Gasteiger partial charge in [-0.15, -0.1) is 0 Å². The highest BCUT2D eigenvalue weighted by atomic mass is 35.5. The number of primary amides is 1. The average Bonchev–Trinajstić information content (AvgIpc) is 2.89. The van der Waals surface area contributed by atoms with Crippen molar-refractivity contribution in [3.05, 3.63) is 93.5 Å². The molecule has 12 heteroatoms. The number of nitrogens with one attached hydrogen (secondary N) is 1. The molecule has 0 bridgehead atoms. The number of carbonyl (C=O) groups excluding carboxylic acids is 3. The van der Waals surface area contributed by atoms with Crippen molar-refractivity contribution in [1.82, 2.24) is 15.2 Å². The van der Waals surface area contributed by atoms with Crippen molar-refractivity contribution >= 4 is 29.5 Å². The number of benzene rings is 2. The Morgan fingerprint density at radius 1 is 1.11 bits per heavy atom. The van der Waals surface area contributed by atoms with Gasteiger partial charge < -0.3 is 30.9 Å². The van der Waals surface area contributed by atoms with E-state index in [2.05, 4.69) is 10.3 Å². The summed E-state index contributed by atoms with van der Waals surface area (Å²) in [5.41, 5.74) is 6.27. The first-order chi connectivity index (χ1) is 18.1. The SMILES string of the molecule is COC(=O)NC(Cc1ccc(Cl)cc1)C(=O)N(Cc1ccc(F)cc1)Cc1cnc(C(N)=O)c(O)c1CO. The summed E-state index contributed by atoms with van der Waals surface area (Å²) in [4.78, 5) is 42.7. The molecule has 0 fully saturated rings. The Labute approximate surface area is 222 Å². The first-order valence-corrected chi connectivity index (χ1v) is 11.7. The van der Waals surface area contributed by atoms with Crippen molar-refractivity contribution in [2.45, 2.75) is 32.2 Å². The molecular weight excluding hydrogens is 519 g/mol. The van der Waals surface area contributed by atoms with Crippen LogP contribution < -0.4 is 11.1 Å². The van der Waals surface area contributed by atoms with Crippen LogP contribution in [0.2, 0.25) is 5.02 Å². The van der Waals surface area contributed by atoms with Crippen molar-refractivity contribution < 1.29 is 33.7 Å². The van der Waals surface area contributed by atoms with Crippen LogP contribution in [-0.4, -0.2) is 51.2 Å². The molecule has 1 heterocycles. The number of hydrogen-bond acceptors (Lipinski definition) is 7. The van der Waals surface area contributed by atoms with E-state index in [0.29, 0.717) is 16.1 Å². The molecule has 3 aromatic rings. The summed E-state index contributed by atoms with van der Waals surface area (Å²) >= 11 is 5.96. The topological polar surface area (TPSA) is 155 Å². The monoisotopic (exact) mass is 544 g/mol. The Bertz CT molecular complexity index is 1300. The number of carbonyl (C=O) groups is 3. The van der Waals surface area contributed by atoms with E-state index in [4.69, 9.17) is 22.1 Å². The van der Waals surface area contributed by atoms with Crippen molar-refractivity contribution in [3.63, 3.8) is 0 Å². The number of rotatable bonds is 10. The number of alkyl carbamates (subject to hydrolysis) is 1. The summed E-state index contributed by atoms with van der Waals surface area (Å²) in [7, 11) is 1.16. The van der Waals surface area contributed by atoms with E-state index in [1.807, 2.05) is 0 Å². The third kappa shape index (κ3) is 7.17. The predicted octanol–water partition coefficient (Wildman–Crippen LogP) is 2.67. The number of aliphatic hydroxyl groups excluding tert-OH is 1.